The van der Waals surface area contributed by atoms with Crippen molar-refractivity contribution in [1.82, 2.24) is 0 Å². The van der Waals surface area contributed by atoms with Gasteiger partial charge < -0.3 is 5.26 Å². The summed E-state index contributed by atoms with van der Waals surface area (Å²) < 4.78 is 3.51. The van der Waals surface area contributed by atoms with E-state index in [1.54, 1.807) is 0 Å². The van der Waals surface area contributed by atoms with Crippen LogP contribution in [0.3, 0.4) is 0 Å². The fraction of sp³-hybridized carbons (Fsp3) is 0.600. The van der Waals surface area contributed by atoms with Crippen molar-refractivity contribution in [2.45, 2.75) is 20.3 Å². The molecule has 0 rings (SSSR count). The fourth-order valence-electron chi connectivity index (χ4n) is 0.380. The highest BCUT2D eigenvalue weighted by molar-refractivity contribution is 5.96. The van der Waals surface area contributed by atoms with Crippen LogP contribution in [0.1, 0.15) is 20.3 Å². The maximum absolute atomic E-state index is 10.2. The van der Waals surface area contributed by atoms with Crippen molar-refractivity contribution in [3.05, 3.63) is 0 Å². The molecule has 0 aromatic heterocycles. The van der Waals surface area contributed by atoms with Gasteiger partial charge in [-0.3, -0.25) is 4.79 Å². The van der Waals surface area contributed by atoms with Crippen LogP contribution in [0.4, 0.5) is 0 Å². The van der Waals surface area contributed by atoms with E-state index in [2.05, 4.69) is 4.58 Å². The zero-order chi connectivity index (χ0) is 6.57. The molecule has 0 radical (unpaired) electrons. The Labute approximate surface area is 47.6 Å². The van der Waals surface area contributed by atoms with E-state index in [0.29, 0.717) is 0 Å². The van der Waals surface area contributed by atoms with Crippen LogP contribution in [-0.2, 0) is 9.37 Å². The summed E-state index contributed by atoms with van der Waals surface area (Å²) in [7, 11) is 0. The van der Waals surface area contributed by atoms with E-state index in [4.69, 9.17) is 0 Å². The summed E-state index contributed by atoms with van der Waals surface area (Å²) >= 11 is 0. The van der Waals surface area contributed by atoms with Crippen molar-refractivity contribution in [1.29, 1.82) is 0 Å². The number of carbonyl (C=O) groups excluding carboxylic acids is 2. The molecule has 0 amide bonds. The van der Waals surface area contributed by atoms with E-state index < -0.39 is 0 Å². The highest BCUT2D eigenvalue weighted by Gasteiger charge is 2.04. The van der Waals surface area contributed by atoms with Crippen molar-refractivity contribution >= 4 is 11.6 Å². The largest absolute Gasteiger partial charge is 0.463 e. The average Bonchev–Trinajstić information content (AvgIpc) is 1.65. The van der Waals surface area contributed by atoms with Gasteiger partial charge in [0.15, 0.2) is 0 Å². The molecule has 0 aliphatic heterocycles. The van der Waals surface area contributed by atoms with Crippen LogP contribution in [0.5, 0.6) is 0 Å². The first-order valence-corrected chi connectivity index (χ1v) is 2.28. The van der Waals surface area contributed by atoms with Crippen LogP contribution in [0, 0.1) is 0 Å². The minimum atomic E-state index is -0.0571. The van der Waals surface area contributed by atoms with E-state index in [0.717, 1.165) is 0 Å². The Morgan fingerprint density at radius 1 is 1.62 bits per heavy atom. The lowest BCUT2D eigenvalue weighted by Gasteiger charge is -1.80. The summed E-state index contributed by atoms with van der Waals surface area (Å²) in [5, 5.41) is 9.48. The third kappa shape index (κ3) is 3.33. The molecule has 3 heteroatoms. The third-order valence-corrected chi connectivity index (χ3v) is 0.640. The minimum absolute atomic E-state index is 0.0571. The molecule has 0 unspecified atom stereocenters. The van der Waals surface area contributed by atoms with Gasteiger partial charge >= 0.3 is 5.78 Å². The molecular formula is C5H8O3. The molecule has 0 aromatic rings. The van der Waals surface area contributed by atoms with Crippen LogP contribution < -0.4 is 5.26 Å². The SMILES string of the molecule is CC(=O)CC(C)=[O+][O-]. The molecule has 0 saturated carbocycles. The van der Waals surface area contributed by atoms with E-state index in [-0.39, 0.29) is 18.0 Å². The van der Waals surface area contributed by atoms with Crippen molar-refractivity contribution < 1.29 is 14.6 Å². The Bertz CT molecular complexity index is 115. The van der Waals surface area contributed by atoms with Crippen LogP contribution >= 0.6 is 0 Å². The predicted molar refractivity (Wildman–Crippen MR) is 26.0 cm³/mol. The molecule has 0 atom stereocenters. The van der Waals surface area contributed by atoms with Gasteiger partial charge in [0.25, 0.3) is 0 Å². The average molecular weight is 116 g/mol. The zero-order valence-corrected chi connectivity index (χ0v) is 4.93. The Balaban J connectivity index is 3.56. The van der Waals surface area contributed by atoms with E-state index in [1.807, 2.05) is 0 Å². The number of rotatable bonds is 2. The third-order valence-electron chi connectivity index (χ3n) is 0.640. The lowest BCUT2D eigenvalue weighted by atomic mass is 10.2. The second kappa shape index (κ2) is 3.18. The van der Waals surface area contributed by atoms with Gasteiger partial charge in [0.1, 0.15) is 12.2 Å². The van der Waals surface area contributed by atoms with Gasteiger partial charge in [-0.2, -0.15) is 4.58 Å². The number of carbonyl (C=O) groups is 1. The van der Waals surface area contributed by atoms with Gasteiger partial charge in [0, 0.05) is 0 Å². The first kappa shape index (κ1) is 7.14. The molecule has 0 saturated heterocycles. The second-order valence-corrected chi connectivity index (χ2v) is 1.66. The molecule has 0 heterocycles. The molecular weight excluding hydrogens is 108 g/mol. The molecule has 0 aliphatic carbocycles. The van der Waals surface area contributed by atoms with Crippen LogP contribution in [0.25, 0.3) is 0 Å². The normalized spacial score (nSPS) is 11.5. The minimum Gasteiger partial charge on any atom is -0.463 e. The maximum Gasteiger partial charge on any atom is 0.333 e. The zero-order valence-electron chi connectivity index (χ0n) is 4.93. The van der Waals surface area contributed by atoms with E-state index in [1.165, 1.54) is 13.8 Å². The number of Topliss-reactive ketones (excluding diaryl/α,β-unsaturated/α-hetero) is 1. The molecule has 0 N–H and O–H groups in total. The number of hydrogen-bond acceptors (Lipinski definition) is 2. The van der Waals surface area contributed by atoms with Crippen LogP contribution in [0.2, 0.25) is 0 Å². The van der Waals surface area contributed by atoms with Crippen molar-refractivity contribution in [3.63, 3.8) is 0 Å². The molecule has 0 spiro atoms. The molecule has 0 aromatic carbocycles. The van der Waals surface area contributed by atoms with Crippen LogP contribution in [0.15, 0.2) is 0 Å². The topological polar surface area (TPSA) is 51.4 Å². The van der Waals surface area contributed by atoms with Gasteiger partial charge in [-0.05, 0) is 6.92 Å². The smallest absolute Gasteiger partial charge is 0.333 e. The van der Waals surface area contributed by atoms with E-state index >= 15 is 0 Å². The Morgan fingerprint density at radius 3 is 2.25 bits per heavy atom. The van der Waals surface area contributed by atoms with Gasteiger partial charge in [-0.25, -0.2) is 0 Å². The summed E-state index contributed by atoms with van der Waals surface area (Å²) in [6, 6.07) is 0. The summed E-state index contributed by atoms with van der Waals surface area (Å²) in [5.74, 6) is 0.163. The first-order valence-electron chi connectivity index (χ1n) is 2.28. The maximum atomic E-state index is 10.2. The first-order chi connectivity index (χ1) is 3.66. The highest BCUT2D eigenvalue weighted by atomic mass is 17.1. The molecule has 46 valence electrons. The van der Waals surface area contributed by atoms with Crippen LogP contribution in [-0.4, -0.2) is 11.6 Å². The van der Waals surface area contributed by atoms with Crippen molar-refractivity contribution in [2.75, 3.05) is 0 Å². The lowest BCUT2D eigenvalue weighted by molar-refractivity contribution is -1.05. The molecule has 3 nitrogen and oxygen atoms in total. The van der Waals surface area contributed by atoms with Crippen molar-refractivity contribution in [2.24, 2.45) is 0 Å². The van der Waals surface area contributed by atoms with Gasteiger partial charge in [0.2, 0.25) is 0 Å². The Hall–Kier alpha value is -0.860. The summed E-state index contributed by atoms with van der Waals surface area (Å²) in [5.41, 5.74) is 0. The predicted octanol–water partition coefficient (Wildman–Crippen LogP) is -0.635. The standard InChI is InChI=1S/C5H8O3/c1-4(6)3-5(2)8-7/h3H2,1-2H3. The van der Waals surface area contributed by atoms with Gasteiger partial charge in [-0.15, -0.1) is 0 Å². The molecule has 0 fully saturated rings. The molecule has 0 bridgehead atoms. The summed E-state index contributed by atoms with van der Waals surface area (Å²) in [4.78, 5) is 10.2. The number of hydrogen-bond donors (Lipinski definition) is 0. The molecule has 8 heavy (non-hydrogen) atoms. The fourth-order valence-corrected chi connectivity index (χ4v) is 0.380. The van der Waals surface area contributed by atoms with Crippen molar-refractivity contribution in [3.8, 4) is 0 Å². The second-order valence-electron chi connectivity index (χ2n) is 1.66. The van der Waals surface area contributed by atoms with E-state index in [9.17, 15) is 10.1 Å². The summed E-state index contributed by atoms with van der Waals surface area (Å²) in [6.07, 6.45) is 0.128. The highest BCUT2D eigenvalue weighted by Crippen LogP contribution is 1.81. The quantitative estimate of drug-likeness (QED) is 0.209. The Morgan fingerprint density at radius 2 is 2.12 bits per heavy atom. The summed E-state index contributed by atoms with van der Waals surface area (Å²) in [6.45, 7) is 2.89. The van der Waals surface area contributed by atoms with Gasteiger partial charge in [0.05, 0.1) is 6.92 Å². The molecule has 0 aliphatic rings. The monoisotopic (exact) mass is 116 g/mol. The lowest BCUT2D eigenvalue weighted by Crippen LogP contribution is -2.09. The number of ketones is 2. The Kier molecular flexibility index (Phi) is 2.84. The van der Waals surface area contributed by atoms with Gasteiger partial charge in [-0.1, -0.05) is 0 Å².